The van der Waals surface area contributed by atoms with E-state index in [1.165, 1.54) is 19.3 Å². The van der Waals surface area contributed by atoms with Gasteiger partial charge >= 0.3 is 0 Å². The third kappa shape index (κ3) is 3.18. The lowest BCUT2D eigenvalue weighted by Crippen LogP contribution is -2.19. The van der Waals surface area contributed by atoms with E-state index in [0.29, 0.717) is 5.92 Å². The van der Waals surface area contributed by atoms with E-state index in [2.05, 4.69) is 11.8 Å². The van der Waals surface area contributed by atoms with Crippen LogP contribution in [0.2, 0.25) is 0 Å². The largest absolute Gasteiger partial charge is 0.497 e. The second kappa shape index (κ2) is 6.32. The molecule has 0 amide bonds. The molecule has 3 heteroatoms. The number of benzene rings is 1. The van der Waals surface area contributed by atoms with E-state index in [9.17, 15) is 0 Å². The van der Waals surface area contributed by atoms with Crippen LogP contribution in [0, 0.1) is 17.8 Å². The van der Waals surface area contributed by atoms with Crippen molar-refractivity contribution in [3.63, 3.8) is 0 Å². The van der Waals surface area contributed by atoms with Crippen molar-refractivity contribution >= 4 is 0 Å². The first-order chi connectivity index (χ1) is 8.83. The first-order valence-corrected chi connectivity index (χ1v) is 6.24. The Morgan fingerprint density at radius 1 is 1.39 bits per heavy atom. The molecule has 1 aromatic rings. The monoisotopic (exact) mass is 246 g/mol. The average Bonchev–Trinajstić information content (AvgIpc) is 2.35. The number of hydrogen-bond acceptors (Lipinski definition) is 3. The summed E-state index contributed by atoms with van der Waals surface area (Å²) < 4.78 is 11.0. The highest BCUT2D eigenvalue weighted by Gasteiger charge is 2.18. The normalized spacial score (nSPS) is 14.3. The van der Waals surface area contributed by atoms with Gasteiger partial charge in [0.1, 0.15) is 18.1 Å². The highest BCUT2D eigenvalue weighted by Crippen LogP contribution is 2.29. The maximum absolute atomic E-state index is 8.76. The molecule has 0 unspecified atom stereocenters. The smallest absolute Gasteiger partial charge is 0.135 e. The molecule has 1 saturated carbocycles. The van der Waals surface area contributed by atoms with Crippen molar-refractivity contribution in [2.45, 2.75) is 19.3 Å². The maximum atomic E-state index is 8.76. The minimum absolute atomic E-state index is 0.153. The molecule has 0 spiro atoms. The average molecular weight is 246 g/mol. The molecule has 2 rings (SSSR count). The number of hydrogen-bond donors (Lipinski definition) is 1. The minimum Gasteiger partial charge on any atom is -0.497 e. The minimum atomic E-state index is -0.153. The van der Waals surface area contributed by atoms with Crippen LogP contribution < -0.4 is 9.47 Å². The predicted molar refractivity (Wildman–Crippen MR) is 69.8 cm³/mol. The fourth-order valence-corrected chi connectivity index (χ4v) is 1.86. The van der Waals surface area contributed by atoms with Gasteiger partial charge in [-0.05, 0) is 37.0 Å². The van der Waals surface area contributed by atoms with Crippen molar-refractivity contribution in [3.05, 3.63) is 23.8 Å². The van der Waals surface area contributed by atoms with Crippen LogP contribution in [0.1, 0.15) is 24.8 Å². The molecule has 0 atom stereocenters. The number of ether oxygens (including phenoxy) is 2. The second-order valence-corrected chi connectivity index (χ2v) is 4.43. The lowest BCUT2D eigenvalue weighted by molar-refractivity contribution is 0.180. The number of aliphatic hydroxyl groups excluding tert-OH is 1. The van der Waals surface area contributed by atoms with Gasteiger partial charge in [0.05, 0.1) is 19.3 Å². The topological polar surface area (TPSA) is 38.7 Å². The van der Waals surface area contributed by atoms with E-state index >= 15 is 0 Å². The van der Waals surface area contributed by atoms with Gasteiger partial charge in [0.2, 0.25) is 0 Å². The Morgan fingerprint density at radius 3 is 2.83 bits per heavy atom. The van der Waals surface area contributed by atoms with Crippen molar-refractivity contribution in [1.82, 2.24) is 0 Å². The molecular weight excluding hydrogens is 228 g/mol. The molecule has 0 aromatic heterocycles. The Kier molecular flexibility index (Phi) is 4.49. The summed E-state index contributed by atoms with van der Waals surface area (Å²) in [5.41, 5.74) is 0.766. The van der Waals surface area contributed by atoms with E-state index in [4.69, 9.17) is 14.6 Å². The summed E-state index contributed by atoms with van der Waals surface area (Å²) in [5, 5.41) is 8.76. The van der Waals surface area contributed by atoms with Gasteiger partial charge in [-0.3, -0.25) is 0 Å². The van der Waals surface area contributed by atoms with Crippen LogP contribution in [-0.4, -0.2) is 25.4 Å². The van der Waals surface area contributed by atoms with Gasteiger partial charge in [-0.25, -0.2) is 0 Å². The lowest BCUT2D eigenvalue weighted by Gasteiger charge is -2.25. The maximum Gasteiger partial charge on any atom is 0.135 e. The van der Waals surface area contributed by atoms with Crippen LogP contribution in [0.3, 0.4) is 0 Å². The lowest BCUT2D eigenvalue weighted by atomic mass is 9.86. The molecule has 18 heavy (non-hydrogen) atoms. The highest BCUT2D eigenvalue weighted by molar-refractivity contribution is 5.50. The molecule has 96 valence electrons. The SMILES string of the molecule is COc1ccc(OCC2CCC2)c(C#CCO)c1. The fraction of sp³-hybridized carbons (Fsp3) is 0.467. The standard InChI is InChI=1S/C15H18O3/c1-17-14-7-8-15(13(10-14)6-3-9-16)18-11-12-4-2-5-12/h7-8,10,12,16H,2,4-5,9,11H2,1H3. The molecule has 1 N–H and O–H groups in total. The molecule has 0 aliphatic heterocycles. The summed E-state index contributed by atoms with van der Waals surface area (Å²) >= 11 is 0. The molecule has 1 aliphatic carbocycles. The second-order valence-electron chi connectivity index (χ2n) is 4.43. The number of rotatable bonds is 4. The number of methoxy groups -OCH3 is 1. The summed E-state index contributed by atoms with van der Waals surface area (Å²) in [6.07, 6.45) is 3.83. The van der Waals surface area contributed by atoms with Gasteiger partial charge in [0.15, 0.2) is 0 Å². The zero-order valence-corrected chi connectivity index (χ0v) is 10.6. The molecule has 1 aliphatic rings. The molecule has 0 radical (unpaired) electrons. The van der Waals surface area contributed by atoms with Crippen LogP contribution >= 0.6 is 0 Å². The molecule has 1 fully saturated rings. The van der Waals surface area contributed by atoms with E-state index in [1.807, 2.05) is 18.2 Å². The molecule has 1 aromatic carbocycles. The van der Waals surface area contributed by atoms with Crippen molar-refractivity contribution in [2.75, 3.05) is 20.3 Å². The van der Waals surface area contributed by atoms with Crippen LogP contribution in [-0.2, 0) is 0 Å². The van der Waals surface area contributed by atoms with E-state index < -0.39 is 0 Å². The summed E-state index contributed by atoms with van der Waals surface area (Å²) in [6.45, 7) is 0.597. The van der Waals surface area contributed by atoms with Crippen molar-refractivity contribution in [2.24, 2.45) is 5.92 Å². The molecule has 0 saturated heterocycles. The van der Waals surface area contributed by atoms with Crippen LogP contribution in [0.15, 0.2) is 18.2 Å². The fourth-order valence-electron chi connectivity index (χ4n) is 1.86. The highest BCUT2D eigenvalue weighted by atomic mass is 16.5. The van der Waals surface area contributed by atoms with Crippen LogP contribution in [0.5, 0.6) is 11.5 Å². The Hall–Kier alpha value is -1.66. The Bertz CT molecular complexity index is 453. The van der Waals surface area contributed by atoms with Crippen molar-refractivity contribution in [3.8, 4) is 23.3 Å². The zero-order valence-electron chi connectivity index (χ0n) is 10.6. The van der Waals surface area contributed by atoms with E-state index in [-0.39, 0.29) is 6.61 Å². The predicted octanol–water partition coefficient (Wildman–Crippen LogP) is 2.22. The van der Waals surface area contributed by atoms with Gasteiger partial charge in [0, 0.05) is 0 Å². The Morgan fingerprint density at radius 2 is 2.22 bits per heavy atom. The first kappa shape index (κ1) is 12.8. The van der Waals surface area contributed by atoms with E-state index in [0.717, 1.165) is 23.7 Å². The van der Waals surface area contributed by atoms with Crippen molar-refractivity contribution < 1.29 is 14.6 Å². The quantitative estimate of drug-likeness (QED) is 0.828. The van der Waals surface area contributed by atoms with Crippen LogP contribution in [0.25, 0.3) is 0 Å². The van der Waals surface area contributed by atoms with Gasteiger partial charge < -0.3 is 14.6 Å². The van der Waals surface area contributed by atoms with Gasteiger partial charge in [-0.1, -0.05) is 18.3 Å². The van der Waals surface area contributed by atoms with Gasteiger partial charge in [0.25, 0.3) is 0 Å². The summed E-state index contributed by atoms with van der Waals surface area (Å²) in [7, 11) is 1.62. The molecule has 0 bridgehead atoms. The third-order valence-electron chi connectivity index (χ3n) is 3.19. The Balaban J connectivity index is 2.10. The Labute approximate surface area is 108 Å². The molecular formula is C15H18O3. The summed E-state index contributed by atoms with van der Waals surface area (Å²) in [4.78, 5) is 0. The zero-order chi connectivity index (χ0) is 12.8. The first-order valence-electron chi connectivity index (χ1n) is 6.24. The third-order valence-corrected chi connectivity index (χ3v) is 3.19. The van der Waals surface area contributed by atoms with Crippen LogP contribution in [0.4, 0.5) is 0 Å². The summed E-state index contributed by atoms with van der Waals surface area (Å²) in [5.74, 6) is 7.73. The van der Waals surface area contributed by atoms with E-state index in [1.54, 1.807) is 7.11 Å². The van der Waals surface area contributed by atoms with Crippen molar-refractivity contribution in [1.29, 1.82) is 0 Å². The molecule has 0 heterocycles. The molecule has 3 nitrogen and oxygen atoms in total. The summed E-state index contributed by atoms with van der Waals surface area (Å²) in [6, 6.07) is 5.57. The number of aliphatic hydroxyl groups is 1. The van der Waals surface area contributed by atoms with Gasteiger partial charge in [-0.15, -0.1) is 0 Å². The van der Waals surface area contributed by atoms with Gasteiger partial charge in [-0.2, -0.15) is 0 Å².